The lowest BCUT2D eigenvalue weighted by Gasteiger charge is -2.03. The Morgan fingerprint density at radius 3 is 2.67 bits per heavy atom. The zero-order valence-corrected chi connectivity index (χ0v) is 12.2. The summed E-state index contributed by atoms with van der Waals surface area (Å²) in [6.07, 6.45) is 3.94. The van der Waals surface area contributed by atoms with Crippen LogP contribution in [0.25, 0.3) is 0 Å². The van der Waals surface area contributed by atoms with Gasteiger partial charge in [0.2, 0.25) is 0 Å². The minimum atomic E-state index is -0.547. The number of hydrogen-bond acceptors (Lipinski definition) is 5. The molecular weight excluding hydrogens is 319 g/mol. The third-order valence-electron chi connectivity index (χ3n) is 3.10. The van der Waals surface area contributed by atoms with Crippen molar-refractivity contribution in [1.29, 1.82) is 0 Å². The van der Waals surface area contributed by atoms with Crippen molar-refractivity contribution in [3.8, 4) is 0 Å². The number of hydrogen-bond donors (Lipinski definition) is 1. The van der Waals surface area contributed by atoms with Gasteiger partial charge < -0.3 is 5.32 Å². The van der Waals surface area contributed by atoms with Crippen molar-refractivity contribution in [3.05, 3.63) is 70.5 Å². The number of amides is 1. The highest BCUT2D eigenvalue weighted by Crippen LogP contribution is 2.10. The van der Waals surface area contributed by atoms with Gasteiger partial charge in [0.25, 0.3) is 5.91 Å². The number of rotatable bonds is 5. The second-order valence-corrected chi connectivity index (χ2v) is 4.84. The molecule has 1 N–H and O–H groups in total. The maximum atomic E-state index is 12.8. The van der Waals surface area contributed by atoms with E-state index in [1.54, 1.807) is 6.20 Å². The molecule has 122 valence electrons. The fourth-order valence-corrected chi connectivity index (χ4v) is 1.96. The Morgan fingerprint density at radius 2 is 2.00 bits per heavy atom. The van der Waals surface area contributed by atoms with E-state index in [9.17, 15) is 19.3 Å². The molecule has 0 unspecified atom stereocenters. The predicted molar refractivity (Wildman–Crippen MR) is 80.9 cm³/mol. The van der Waals surface area contributed by atoms with E-state index in [1.165, 1.54) is 45.9 Å². The van der Waals surface area contributed by atoms with E-state index >= 15 is 0 Å². The van der Waals surface area contributed by atoms with Crippen molar-refractivity contribution in [1.82, 2.24) is 19.6 Å². The van der Waals surface area contributed by atoms with Crippen LogP contribution in [-0.2, 0) is 6.67 Å². The van der Waals surface area contributed by atoms with Gasteiger partial charge in [0.05, 0.1) is 4.92 Å². The number of carbonyl (C=O) groups is 1. The molecule has 9 nitrogen and oxygen atoms in total. The van der Waals surface area contributed by atoms with E-state index < -0.39 is 16.6 Å². The summed E-state index contributed by atoms with van der Waals surface area (Å²) in [5, 5.41) is 21.1. The van der Waals surface area contributed by atoms with Gasteiger partial charge in [0.15, 0.2) is 5.69 Å². The van der Waals surface area contributed by atoms with Crippen LogP contribution in [-0.4, -0.2) is 30.4 Å². The fourth-order valence-electron chi connectivity index (χ4n) is 1.96. The van der Waals surface area contributed by atoms with E-state index in [0.717, 1.165) is 6.20 Å². The number of halogens is 1. The molecule has 0 bridgehead atoms. The van der Waals surface area contributed by atoms with Crippen molar-refractivity contribution in [2.24, 2.45) is 0 Å². The molecule has 0 aliphatic carbocycles. The van der Waals surface area contributed by atoms with Crippen LogP contribution in [0.3, 0.4) is 0 Å². The summed E-state index contributed by atoms with van der Waals surface area (Å²) in [6, 6.07) is 6.84. The monoisotopic (exact) mass is 330 g/mol. The summed E-state index contributed by atoms with van der Waals surface area (Å²) in [5.41, 5.74) is 0.469. The van der Waals surface area contributed by atoms with Gasteiger partial charge in [-0.1, -0.05) is 0 Å². The number of nitro groups is 1. The Morgan fingerprint density at radius 1 is 1.25 bits per heavy atom. The molecule has 24 heavy (non-hydrogen) atoms. The molecule has 2 heterocycles. The average Bonchev–Trinajstić information content (AvgIpc) is 3.19. The predicted octanol–water partition coefficient (Wildman–Crippen LogP) is 1.89. The molecule has 0 saturated carbocycles. The minimum absolute atomic E-state index is 0.123. The number of aromatic nitrogens is 4. The molecule has 2 aromatic heterocycles. The normalized spacial score (nSPS) is 10.5. The van der Waals surface area contributed by atoms with Gasteiger partial charge in [0, 0.05) is 11.9 Å². The van der Waals surface area contributed by atoms with Crippen LogP contribution >= 0.6 is 0 Å². The summed E-state index contributed by atoms with van der Waals surface area (Å²) in [6.45, 7) is 0.123. The van der Waals surface area contributed by atoms with Crippen LogP contribution in [0.5, 0.6) is 0 Å². The lowest BCUT2D eigenvalue weighted by Crippen LogP contribution is -2.14. The first kappa shape index (κ1) is 15.3. The summed E-state index contributed by atoms with van der Waals surface area (Å²) >= 11 is 0. The van der Waals surface area contributed by atoms with Gasteiger partial charge >= 0.3 is 5.69 Å². The van der Waals surface area contributed by atoms with Gasteiger partial charge in [0.1, 0.15) is 24.9 Å². The Bertz CT molecular complexity index is 886. The van der Waals surface area contributed by atoms with Crippen LogP contribution in [0, 0.1) is 15.9 Å². The van der Waals surface area contributed by atoms with Gasteiger partial charge in [-0.2, -0.15) is 10.2 Å². The molecule has 3 aromatic rings. The first-order valence-electron chi connectivity index (χ1n) is 6.78. The molecule has 1 amide bonds. The van der Waals surface area contributed by atoms with Gasteiger partial charge in [-0.05, 0) is 30.3 Å². The lowest BCUT2D eigenvalue weighted by atomic mass is 10.3. The standard InChI is InChI=1S/C14H11FN6O3/c15-10-1-3-11(4-2-10)17-14(22)13-5-6-19(18-13)9-20-8-12(7-16-20)21(23)24/h1-8H,9H2,(H,17,22). The zero-order valence-electron chi connectivity index (χ0n) is 12.2. The fraction of sp³-hybridized carbons (Fsp3) is 0.0714. The van der Waals surface area contributed by atoms with Crippen LogP contribution in [0.1, 0.15) is 10.5 Å². The van der Waals surface area contributed by atoms with Crippen LogP contribution in [0.4, 0.5) is 15.8 Å². The Kier molecular flexibility index (Phi) is 4.01. The molecule has 0 atom stereocenters. The van der Waals surface area contributed by atoms with Crippen molar-refractivity contribution in [2.45, 2.75) is 6.67 Å². The van der Waals surface area contributed by atoms with Crippen molar-refractivity contribution < 1.29 is 14.1 Å². The molecule has 0 aliphatic heterocycles. The second-order valence-electron chi connectivity index (χ2n) is 4.84. The highest BCUT2D eigenvalue weighted by atomic mass is 19.1. The summed E-state index contributed by atoms with van der Waals surface area (Å²) in [4.78, 5) is 22.1. The summed E-state index contributed by atoms with van der Waals surface area (Å²) in [5.74, 6) is -0.850. The SMILES string of the molecule is O=C(Nc1ccc(F)cc1)c1ccn(Cn2cc([N+](=O)[O-])cn2)n1. The van der Waals surface area contributed by atoms with Gasteiger partial charge in [-0.25, -0.2) is 9.07 Å². The van der Waals surface area contributed by atoms with E-state index in [0.29, 0.717) is 5.69 Å². The number of nitrogens with one attached hydrogen (secondary N) is 1. The molecule has 0 spiro atoms. The molecule has 0 radical (unpaired) electrons. The van der Waals surface area contributed by atoms with Crippen molar-refractivity contribution in [3.63, 3.8) is 0 Å². The van der Waals surface area contributed by atoms with Gasteiger partial charge in [-0.15, -0.1) is 0 Å². The highest BCUT2D eigenvalue weighted by molar-refractivity contribution is 6.02. The largest absolute Gasteiger partial charge is 0.321 e. The minimum Gasteiger partial charge on any atom is -0.321 e. The molecule has 0 aliphatic rings. The van der Waals surface area contributed by atoms with Gasteiger partial charge in [-0.3, -0.25) is 19.6 Å². The first-order chi connectivity index (χ1) is 11.5. The zero-order chi connectivity index (χ0) is 17.1. The van der Waals surface area contributed by atoms with E-state index in [-0.39, 0.29) is 18.1 Å². The number of carbonyl (C=O) groups excluding carboxylic acids is 1. The average molecular weight is 330 g/mol. The number of nitrogens with zero attached hydrogens (tertiary/aromatic N) is 5. The molecule has 10 heteroatoms. The smallest absolute Gasteiger partial charge is 0.307 e. The van der Waals surface area contributed by atoms with E-state index in [4.69, 9.17) is 0 Å². The molecular formula is C14H11FN6O3. The maximum Gasteiger partial charge on any atom is 0.307 e. The molecule has 1 aromatic carbocycles. The topological polar surface area (TPSA) is 108 Å². The molecule has 0 fully saturated rings. The highest BCUT2D eigenvalue weighted by Gasteiger charge is 2.12. The summed E-state index contributed by atoms with van der Waals surface area (Å²) in [7, 11) is 0. The molecule has 3 rings (SSSR count). The molecule has 0 saturated heterocycles. The number of benzene rings is 1. The summed E-state index contributed by atoms with van der Waals surface area (Å²) < 4.78 is 15.6. The quantitative estimate of drug-likeness (QED) is 0.567. The Labute approximate surface area is 134 Å². The van der Waals surface area contributed by atoms with Crippen LogP contribution < -0.4 is 5.32 Å². The second kappa shape index (κ2) is 6.28. The van der Waals surface area contributed by atoms with Crippen LogP contribution in [0.15, 0.2) is 48.9 Å². The Balaban J connectivity index is 1.66. The van der Waals surface area contributed by atoms with Crippen molar-refractivity contribution >= 4 is 17.3 Å². The maximum absolute atomic E-state index is 12.8. The van der Waals surface area contributed by atoms with E-state index in [1.807, 2.05) is 0 Å². The number of anilines is 1. The third kappa shape index (κ3) is 3.43. The Hall–Kier alpha value is -3.56. The first-order valence-corrected chi connectivity index (χ1v) is 6.78. The van der Waals surface area contributed by atoms with E-state index in [2.05, 4.69) is 15.5 Å². The lowest BCUT2D eigenvalue weighted by molar-refractivity contribution is -0.385. The van der Waals surface area contributed by atoms with Crippen LogP contribution in [0.2, 0.25) is 0 Å². The third-order valence-corrected chi connectivity index (χ3v) is 3.10. The van der Waals surface area contributed by atoms with Crippen molar-refractivity contribution in [2.75, 3.05) is 5.32 Å².